The minimum absolute atomic E-state index is 0.122. The van der Waals surface area contributed by atoms with E-state index in [-0.39, 0.29) is 4.75 Å². The molecule has 0 amide bonds. The smallest absolute Gasteiger partial charge is 0.162 e. The molecule has 1 aliphatic heterocycles. The Labute approximate surface area is 179 Å². The predicted molar refractivity (Wildman–Crippen MR) is 125 cm³/mol. The maximum Gasteiger partial charge on any atom is 0.162 e. The van der Waals surface area contributed by atoms with Crippen LogP contribution in [0.25, 0.3) is 5.57 Å². The first kappa shape index (κ1) is 21.8. The number of aliphatic imine (C=N–C) groups is 1. The van der Waals surface area contributed by atoms with Crippen molar-refractivity contribution in [2.24, 2.45) is 4.99 Å². The summed E-state index contributed by atoms with van der Waals surface area (Å²) in [5.74, 6) is 1.75. The molecule has 1 aromatic heterocycles. The molecule has 29 heavy (non-hydrogen) atoms. The van der Waals surface area contributed by atoms with Gasteiger partial charge in [-0.15, -0.1) is 0 Å². The summed E-state index contributed by atoms with van der Waals surface area (Å²) in [6.45, 7) is 14.2. The lowest BCUT2D eigenvalue weighted by molar-refractivity contribution is 0.0985. The minimum Gasteiger partial charge on any atom is -0.377 e. The summed E-state index contributed by atoms with van der Waals surface area (Å²) in [5.41, 5.74) is 4.01. The van der Waals surface area contributed by atoms with E-state index in [1.807, 2.05) is 38.6 Å². The van der Waals surface area contributed by atoms with E-state index in [1.165, 1.54) is 12.8 Å². The van der Waals surface area contributed by atoms with Gasteiger partial charge < -0.3 is 9.64 Å². The largest absolute Gasteiger partial charge is 0.377 e. The number of thioether (sulfide) groups is 1. The van der Waals surface area contributed by atoms with E-state index in [4.69, 9.17) is 14.7 Å². The van der Waals surface area contributed by atoms with E-state index < -0.39 is 0 Å². The zero-order valence-corrected chi connectivity index (χ0v) is 19.1. The third kappa shape index (κ3) is 4.48. The van der Waals surface area contributed by atoms with Crippen LogP contribution in [0.2, 0.25) is 0 Å². The molecule has 0 radical (unpaired) electrons. The molecule has 156 valence electrons. The average Bonchev–Trinajstić information content (AvgIpc) is 3.54. The van der Waals surface area contributed by atoms with Crippen molar-refractivity contribution in [2.75, 3.05) is 30.9 Å². The van der Waals surface area contributed by atoms with E-state index in [1.54, 1.807) is 0 Å². The van der Waals surface area contributed by atoms with E-state index in [0.717, 1.165) is 53.9 Å². The van der Waals surface area contributed by atoms with Gasteiger partial charge >= 0.3 is 0 Å². The molecule has 2 fully saturated rings. The van der Waals surface area contributed by atoms with Gasteiger partial charge in [0.2, 0.25) is 0 Å². The van der Waals surface area contributed by atoms with Gasteiger partial charge in [0, 0.05) is 29.5 Å². The van der Waals surface area contributed by atoms with E-state index >= 15 is 0 Å². The molecule has 1 aliphatic carbocycles. The Morgan fingerprint density at radius 1 is 1.38 bits per heavy atom. The first-order chi connectivity index (χ1) is 14.0. The summed E-state index contributed by atoms with van der Waals surface area (Å²) in [6, 6.07) is 2.49. The Kier molecular flexibility index (Phi) is 6.96. The summed E-state index contributed by atoms with van der Waals surface area (Å²) >= 11 is 1.90. The molecule has 0 spiro atoms. The van der Waals surface area contributed by atoms with E-state index in [2.05, 4.69) is 48.0 Å². The Balaban J connectivity index is 2.15. The lowest BCUT2D eigenvalue weighted by Crippen LogP contribution is -2.44. The van der Waals surface area contributed by atoms with Crippen LogP contribution in [0, 0.1) is 0 Å². The first-order valence-electron chi connectivity index (χ1n) is 10.3. The molecule has 0 N–H and O–H groups in total. The molecule has 2 aliphatic rings. The number of ether oxygens (including phenoxy) is 1. The second-order valence-electron chi connectivity index (χ2n) is 7.61. The molecule has 1 unspecified atom stereocenters. The van der Waals surface area contributed by atoms with Crippen molar-refractivity contribution in [2.45, 2.75) is 51.3 Å². The zero-order chi connectivity index (χ0) is 21.0. The zero-order valence-electron chi connectivity index (χ0n) is 18.2. The van der Waals surface area contributed by atoms with Crippen LogP contribution in [-0.4, -0.2) is 48.7 Å². The maximum atomic E-state index is 5.64. The molecule has 6 heteroatoms. The van der Waals surface area contributed by atoms with Crippen molar-refractivity contribution < 1.29 is 4.74 Å². The number of allylic oxidation sites excluding steroid dienone is 6. The molecule has 1 saturated carbocycles. The van der Waals surface area contributed by atoms with Gasteiger partial charge in [-0.1, -0.05) is 18.2 Å². The SMILES string of the molecule is C=N/C(C)=C(/C=C\C)C(=C/C)\c1nc(N2CCOCC2C)cc(C2(SC)CC2)n1. The predicted octanol–water partition coefficient (Wildman–Crippen LogP) is 5.01. The number of rotatable bonds is 7. The summed E-state index contributed by atoms with van der Waals surface area (Å²) in [7, 11) is 0. The second-order valence-corrected chi connectivity index (χ2v) is 8.80. The van der Waals surface area contributed by atoms with Crippen molar-refractivity contribution in [3.05, 3.63) is 47.1 Å². The number of hydrogen-bond donors (Lipinski definition) is 0. The van der Waals surface area contributed by atoms with Crippen LogP contribution in [0.1, 0.15) is 52.1 Å². The fourth-order valence-corrected chi connectivity index (χ4v) is 4.57. The minimum atomic E-state index is 0.122. The summed E-state index contributed by atoms with van der Waals surface area (Å²) in [4.78, 5) is 16.6. The summed E-state index contributed by atoms with van der Waals surface area (Å²) in [5, 5.41) is 0. The molecule has 3 rings (SSSR count). The lowest BCUT2D eigenvalue weighted by atomic mass is 10.0. The molecule has 0 aromatic carbocycles. The van der Waals surface area contributed by atoms with Gasteiger partial charge in [-0.3, -0.25) is 4.99 Å². The number of nitrogens with zero attached hydrogens (tertiary/aromatic N) is 4. The van der Waals surface area contributed by atoms with Crippen molar-refractivity contribution >= 4 is 29.9 Å². The average molecular weight is 413 g/mol. The molecule has 1 aromatic rings. The number of aromatic nitrogens is 2. The summed E-state index contributed by atoms with van der Waals surface area (Å²) in [6.07, 6.45) is 10.7. The molecule has 1 saturated heterocycles. The quantitative estimate of drug-likeness (QED) is 0.465. The van der Waals surface area contributed by atoms with Crippen molar-refractivity contribution in [1.82, 2.24) is 9.97 Å². The monoisotopic (exact) mass is 412 g/mol. The fourth-order valence-electron chi connectivity index (χ4n) is 3.74. The molecule has 0 bridgehead atoms. The van der Waals surface area contributed by atoms with Gasteiger partial charge in [-0.25, -0.2) is 9.97 Å². The van der Waals surface area contributed by atoms with Gasteiger partial charge in [0.15, 0.2) is 5.82 Å². The van der Waals surface area contributed by atoms with Crippen LogP contribution in [0.5, 0.6) is 0 Å². The van der Waals surface area contributed by atoms with Gasteiger partial charge in [0.1, 0.15) is 5.82 Å². The van der Waals surface area contributed by atoms with Gasteiger partial charge in [0.05, 0.1) is 29.7 Å². The topological polar surface area (TPSA) is 50.6 Å². The number of anilines is 1. The van der Waals surface area contributed by atoms with Crippen LogP contribution in [0.15, 0.2) is 40.6 Å². The highest BCUT2D eigenvalue weighted by atomic mass is 32.2. The Bertz CT molecular complexity index is 854. The Morgan fingerprint density at radius 3 is 2.69 bits per heavy atom. The second kappa shape index (κ2) is 9.26. The molecular weight excluding hydrogens is 380 g/mol. The Hall–Kier alpha value is -1.92. The van der Waals surface area contributed by atoms with Crippen LogP contribution in [0.3, 0.4) is 0 Å². The van der Waals surface area contributed by atoms with Gasteiger partial charge in [0.25, 0.3) is 0 Å². The first-order valence-corrected chi connectivity index (χ1v) is 11.5. The van der Waals surface area contributed by atoms with E-state index in [0.29, 0.717) is 6.04 Å². The molecule has 5 nitrogen and oxygen atoms in total. The number of morpholine rings is 1. The van der Waals surface area contributed by atoms with Gasteiger partial charge in [-0.2, -0.15) is 11.8 Å². The van der Waals surface area contributed by atoms with Crippen molar-refractivity contribution in [1.29, 1.82) is 0 Å². The van der Waals surface area contributed by atoms with Gasteiger partial charge in [-0.05, 0) is 53.5 Å². The van der Waals surface area contributed by atoms with Crippen molar-refractivity contribution in [3.8, 4) is 0 Å². The Morgan fingerprint density at radius 2 is 2.14 bits per heavy atom. The van der Waals surface area contributed by atoms with Crippen LogP contribution >= 0.6 is 11.8 Å². The van der Waals surface area contributed by atoms with E-state index in [9.17, 15) is 0 Å². The van der Waals surface area contributed by atoms with Crippen LogP contribution < -0.4 is 4.90 Å². The molecular formula is C23H32N4OS. The molecule has 2 heterocycles. The molecule has 1 atom stereocenters. The highest BCUT2D eigenvalue weighted by Gasteiger charge is 2.46. The lowest BCUT2D eigenvalue weighted by Gasteiger charge is -2.35. The highest BCUT2D eigenvalue weighted by Crippen LogP contribution is 2.55. The number of hydrogen-bond acceptors (Lipinski definition) is 6. The fraction of sp³-hybridized carbons (Fsp3) is 0.522. The maximum absolute atomic E-state index is 5.64. The standard InChI is InChI=1S/C23H32N4OS/c1-7-9-19(17(4)24-5)18(8-2)22-25-20(23(29-6)10-11-23)14-21(26-22)27-12-13-28-15-16(27)3/h7-9,14,16H,5,10-13,15H2,1-4,6H3/b9-7-,18-8+,19-17-. The normalized spacial score (nSPS) is 22.6. The highest BCUT2D eigenvalue weighted by molar-refractivity contribution is 7.99. The third-order valence-electron chi connectivity index (χ3n) is 5.72. The summed E-state index contributed by atoms with van der Waals surface area (Å²) < 4.78 is 5.77. The van der Waals surface area contributed by atoms with Crippen LogP contribution in [0.4, 0.5) is 5.82 Å². The third-order valence-corrected chi connectivity index (χ3v) is 7.12. The van der Waals surface area contributed by atoms with Crippen LogP contribution in [-0.2, 0) is 9.48 Å². The van der Waals surface area contributed by atoms with Crippen molar-refractivity contribution in [3.63, 3.8) is 0 Å².